The van der Waals surface area contributed by atoms with Gasteiger partial charge in [0.2, 0.25) is 5.71 Å². The molecule has 6 rings (SSSR count). The summed E-state index contributed by atoms with van der Waals surface area (Å²) in [6, 6.07) is 22.5. The van der Waals surface area contributed by atoms with Gasteiger partial charge >= 0.3 is 0 Å². The van der Waals surface area contributed by atoms with Crippen LogP contribution >= 0.6 is 0 Å². The molecule has 0 saturated heterocycles. The van der Waals surface area contributed by atoms with E-state index >= 15 is 0 Å². The molecule has 4 heterocycles. The average molecular weight is 390 g/mol. The number of hydrogen-bond acceptors (Lipinski definition) is 4. The summed E-state index contributed by atoms with van der Waals surface area (Å²) in [5.74, 6) is 0.805. The zero-order valence-electron chi connectivity index (χ0n) is 16.6. The summed E-state index contributed by atoms with van der Waals surface area (Å²) < 4.78 is 8.42. The monoisotopic (exact) mass is 390 g/mol. The quantitative estimate of drug-likeness (QED) is 0.364. The maximum absolute atomic E-state index is 6.25. The SMILES string of the molecule is Cc1ccc2c(n1)oc1c(-c3nc4nccc(C)c4n3-c3ccccc3)cccc12. The third-order valence-electron chi connectivity index (χ3n) is 5.51. The van der Waals surface area contributed by atoms with Crippen molar-refractivity contribution in [3.05, 3.63) is 84.2 Å². The van der Waals surface area contributed by atoms with E-state index < -0.39 is 0 Å². The molecule has 0 saturated carbocycles. The molecule has 5 heteroatoms. The van der Waals surface area contributed by atoms with Crippen molar-refractivity contribution in [1.82, 2.24) is 19.5 Å². The summed E-state index contributed by atoms with van der Waals surface area (Å²) in [6.07, 6.45) is 1.80. The molecule has 0 amide bonds. The van der Waals surface area contributed by atoms with Gasteiger partial charge in [-0.05, 0) is 55.8 Å². The van der Waals surface area contributed by atoms with Gasteiger partial charge < -0.3 is 4.42 Å². The molecule has 0 bridgehead atoms. The topological polar surface area (TPSA) is 56.7 Å². The fourth-order valence-electron chi connectivity index (χ4n) is 4.11. The number of aryl methyl sites for hydroxylation is 2. The molecule has 0 aliphatic carbocycles. The van der Waals surface area contributed by atoms with E-state index in [1.165, 1.54) is 0 Å². The Bertz CT molecular complexity index is 1560. The van der Waals surface area contributed by atoms with Gasteiger partial charge in [-0.15, -0.1) is 0 Å². The molecular weight excluding hydrogens is 372 g/mol. The number of hydrogen-bond donors (Lipinski definition) is 0. The minimum atomic E-state index is 0.647. The third kappa shape index (κ3) is 2.38. The van der Waals surface area contributed by atoms with Gasteiger partial charge in [0, 0.05) is 28.4 Å². The summed E-state index contributed by atoms with van der Waals surface area (Å²) in [5.41, 5.74) is 7.16. The van der Waals surface area contributed by atoms with Gasteiger partial charge in [0.05, 0.1) is 11.1 Å². The van der Waals surface area contributed by atoms with Gasteiger partial charge in [0.15, 0.2) is 11.5 Å². The Balaban J connectivity index is 1.75. The van der Waals surface area contributed by atoms with Crippen LogP contribution in [0.3, 0.4) is 0 Å². The van der Waals surface area contributed by atoms with Crippen molar-refractivity contribution < 1.29 is 4.42 Å². The van der Waals surface area contributed by atoms with Crippen molar-refractivity contribution in [3.63, 3.8) is 0 Å². The summed E-state index contributed by atoms with van der Waals surface area (Å²) in [4.78, 5) is 14.0. The van der Waals surface area contributed by atoms with E-state index in [9.17, 15) is 0 Å². The second-order valence-corrected chi connectivity index (χ2v) is 7.50. The first kappa shape index (κ1) is 16.9. The molecule has 0 aliphatic heterocycles. The number of imidazole rings is 1. The highest BCUT2D eigenvalue weighted by atomic mass is 16.3. The Kier molecular flexibility index (Phi) is 3.53. The van der Waals surface area contributed by atoms with E-state index in [1.54, 1.807) is 6.20 Å². The van der Waals surface area contributed by atoms with Crippen molar-refractivity contribution in [2.45, 2.75) is 13.8 Å². The molecule has 0 radical (unpaired) electrons. The number of furan rings is 1. The number of fused-ring (bicyclic) bond motifs is 4. The van der Waals surface area contributed by atoms with Crippen molar-refractivity contribution >= 4 is 33.2 Å². The second-order valence-electron chi connectivity index (χ2n) is 7.50. The zero-order chi connectivity index (χ0) is 20.2. The predicted molar refractivity (Wildman–Crippen MR) is 119 cm³/mol. The Labute approximate surface area is 172 Å². The van der Waals surface area contributed by atoms with Crippen LogP contribution in [0.1, 0.15) is 11.3 Å². The predicted octanol–water partition coefficient (Wildman–Crippen LogP) is 6.00. The van der Waals surface area contributed by atoms with Crippen molar-refractivity contribution in [1.29, 1.82) is 0 Å². The Hall–Kier alpha value is -3.99. The van der Waals surface area contributed by atoms with Crippen LogP contribution in [0.5, 0.6) is 0 Å². The normalized spacial score (nSPS) is 11.7. The maximum atomic E-state index is 6.25. The van der Waals surface area contributed by atoms with Gasteiger partial charge in [-0.25, -0.2) is 15.0 Å². The molecule has 2 aromatic carbocycles. The lowest BCUT2D eigenvalue weighted by Gasteiger charge is -2.10. The van der Waals surface area contributed by atoms with Crippen LogP contribution in [0.2, 0.25) is 0 Å². The summed E-state index contributed by atoms with van der Waals surface area (Å²) in [7, 11) is 0. The van der Waals surface area contributed by atoms with Crippen molar-refractivity contribution in [3.8, 4) is 17.1 Å². The summed E-state index contributed by atoms with van der Waals surface area (Å²) >= 11 is 0. The first-order chi connectivity index (χ1) is 14.7. The van der Waals surface area contributed by atoms with Crippen LogP contribution in [0.25, 0.3) is 50.3 Å². The van der Waals surface area contributed by atoms with Gasteiger partial charge in [-0.3, -0.25) is 4.57 Å². The van der Waals surface area contributed by atoms with Crippen LogP contribution in [-0.4, -0.2) is 19.5 Å². The molecule has 0 fully saturated rings. The van der Waals surface area contributed by atoms with E-state index in [2.05, 4.69) is 45.7 Å². The largest absolute Gasteiger partial charge is 0.437 e. The average Bonchev–Trinajstić information content (AvgIpc) is 3.33. The molecule has 4 aromatic heterocycles. The van der Waals surface area contributed by atoms with E-state index in [0.29, 0.717) is 5.71 Å². The van der Waals surface area contributed by atoms with E-state index in [4.69, 9.17) is 9.40 Å². The second kappa shape index (κ2) is 6.26. The smallest absolute Gasteiger partial charge is 0.227 e. The van der Waals surface area contributed by atoms with Crippen LogP contribution < -0.4 is 0 Å². The number of aromatic nitrogens is 4. The number of para-hydroxylation sites is 2. The fraction of sp³-hybridized carbons (Fsp3) is 0.0800. The van der Waals surface area contributed by atoms with Gasteiger partial charge in [-0.2, -0.15) is 0 Å². The van der Waals surface area contributed by atoms with Crippen LogP contribution in [0.15, 0.2) is 77.3 Å². The van der Waals surface area contributed by atoms with Crippen LogP contribution in [-0.2, 0) is 0 Å². The zero-order valence-corrected chi connectivity index (χ0v) is 16.6. The van der Waals surface area contributed by atoms with Crippen molar-refractivity contribution in [2.24, 2.45) is 0 Å². The summed E-state index contributed by atoms with van der Waals surface area (Å²) in [5, 5.41) is 2.04. The molecule has 5 nitrogen and oxygen atoms in total. The van der Waals surface area contributed by atoms with Gasteiger partial charge in [0.25, 0.3) is 0 Å². The van der Waals surface area contributed by atoms with Gasteiger partial charge in [-0.1, -0.05) is 30.3 Å². The molecule has 6 aromatic rings. The molecular formula is C25H18N4O. The van der Waals surface area contributed by atoms with E-state index in [0.717, 1.165) is 55.9 Å². The Morgan fingerprint density at radius 2 is 1.67 bits per heavy atom. The first-order valence-corrected chi connectivity index (χ1v) is 9.89. The van der Waals surface area contributed by atoms with E-state index in [1.807, 2.05) is 49.4 Å². The standard InChI is InChI=1S/C25H18N4O/c1-15-13-14-26-23-21(15)29(17-7-4-3-5-8-17)24(28-23)20-10-6-9-18-19-12-11-16(2)27-25(19)30-22(18)20/h3-14H,1-2H3. The lowest BCUT2D eigenvalue weighted by Crippen LogP contribution is -1.98. The minimum absolute atomic E-state index is 0.647. The Morgan fingerprint density at radius 1 is 0.800 bits per heavy atom. The highest BCUT2D eigenvalue weighted by Gasteiger charge is 2.21. The maximum Gasteiger partial charge on any atom is 0.227 e. The number of rotatable bonds is 2. The lowest BCUT2D eigenvalue weighted by atomic mass is 10.1. The van der Waals surface area contributed by atoms with Crippen LogP contribution in [0, 0.1) is 13.8 Å². The number of nitrogens with zero attached hydrogens (tertiary/aromatic N) is 4. The number of pyridine rings is 2. The molecule has 144 valence electrons. The molecule has 0 N–H and O–H groups in total. The fourth-order valence-corrected chi connectivity index (χ4v) is 4.11. The van der Waals surface area contributed by atoms with Crippen molar-refractivity contribution in [2.75, 3.05) is 0 Å². The molecule has 0 unspecified atom stereocenters. The molecule has 0 spiro atoms. The molecule has 0 atom stereocenters. The highest BCUT2D eigenvalue weighted by molar-refractivity contribution is 6.08. The Morgan fingerprint density at radius 3 is 2.53 bits per heavy atom. The van der Waals surface area contributed by atoms with E-state index in [-0.39, 0.29) is 0 Å². The summed E-state index contributed by atoms with van der Waals surface area (Å²) in [6.45, 7) is 4.06. The van der Waals surface area contributed by atoms with Crippen LogP contribution in [0.4, 0.5) is 0 Å². The molecule has 30 heavy (non-hydrogen) atoms. The number of benzene rings is 2. The first-order valence-electron chi connectivity index (χ1n) is 9.89. The lowest BCUT2D eigenvalue weighted by molar-refractivity contribution is 0.653. The van der Waals surface area contributed by atoms with Gasteiger partial charge in [0.1, 0.15) is 5.58 Å². The third-order valence-corrected chi connectivity index (χ3v) is 5.51. The highest BCUT2D eigenvalue weighted by Crippen LogP contribution is 2.37. The minimum Gasteiger partial charge on any atom is -0.437 e. The molecule has 0 aliphatic rings.